The Kier molecular flexibility index (Phi) is 4.54. The Morgan fingerprint density at radius 1 is 1.62 bits per heavy atom. The lowest BCUT2D eigenvalue weighted by molar-refractivity contribution is -0.384. The van der Waals surface area contributed by atoms with Crippen LogP contribution >= 0.6 is 11.8 Å². The lowest BCUT2D eigenvalue weighted by atomic mass is 10.3. The number of aromatic nitrogens is 1. The number of aryl methyl sites for hydroxylation is 1. The third kappa shape index (κ3) is 3.37. The van der Waals surface area contributed by atoms with Gasteiger partial charge < -0.3 is 5.32 Å². The zero-order valence-corrected chi connectivity index (χ0v) is 10.4. The van der Waals surface area contributed by atoms with Crippen LogP contribution in [0.25, 0.3) is 0 Å². The summed E-state index contributed by atoms with van der Waals surface area (Å²) in [4.78, 5) is 14.5. The Hall–Kier alpha value is -1.30. The summed E-state index contributed by atoms with van der Waals surface area (Å²) in [5, 5.41) is 14.2. The van der Waals surface area contributed by atoms with Gasteiger partial charge in [-0.15, -0.1) is 0 Å². The number of thioether (sulfide) groups is 1. The highest BCUT2D eigenvalue weighted by molar-refractivity contribution is 7.99. The van der Waals surface area contributed by atoms with Gasteiger partial charge in [-0.2, -0.15) is 11.8 Å². The largest absolute Gasteiger partial charge is 0.363 e. The fraction of sp³-hybridized carbons (Fsp3) is 0.500. The summed E-state index contributed by atoms with van der Waals surface area (Å²) < 4.78 is 0. The molecule has 1 rings (SSSR count). The van der Waals surface area contributed by atoms with E-state index in [1.54, 1.807) is 17.8 Å². The molecular weight excluding hydrogens is 226 g/mol. The quantitative estimate of drug-likeness (QED) is 0.633. The molecule has 0 saturated carbocycles. The van der Waals surface area contributed by atoms with Gasteiger partial charge in [0.25, 0.3) is 0 Å². The van der Waals surface area contributed by atoms with Gasteiger partial charge in [0.05, 0.1) is 4.92 Å². The van der Waals surface area contributed by atoms with Crippen LogP contribution in [0, 0.1) is 17.0 Å². The molecule has 1 atom stereocenters. The van der Waals surface area contributed by atoms with Gasteiger partial charge in [-0.25, -0.2) is 4.98 Å². The molecule has 16 heavy (non-hydrogen) atoms. The molecule has 0 saturated heterocycles. The molecule has 0 fully saturated rings. The lowest BCUT2D eigenvalue weighted by Gasteiger charge is -2.10. The second kappa shape index (κ2) is 5.69. The van der Waals surface area contributed by atoms with Crippen molar-refractivity contribution in [2.75, 3.05) is 18.1 Å². The van der Waals surface area contributed by atoms with E-state index >= 15 is 0 Å². The molecule has 1 unspecified atom stereocenters. The molecule has 0 radical (unpaired) electrons. The Morgan fingerprint density at radius 3 is 2.88 bits per heavy atom. The fourth-order valence-corrected chi connectivity index (χ4v) is 1.40. The maximum absolute atomic E-state index is 10.8. The van der Waals surface area contributed by atoms with E-state index < -0.39 is 4.92 Å². The third-order valence-electron chi connectivity index (χ3n) is 2.17. The zero-order valence-electron chi connectivity index (χ0n) is 9.56. The van der Waals surface area contributed by atoms with Gasteiger partial charge in [-0.05, 0) is 19.2 Å². The summed E-state index contributed by atoms with van der Waals surface area (Å²) >= 11 is 1.70. The smallest absolute Gasteiger partial charge is 0.311 e. The molecule has 0 aliphatic carbocycles. The van der Waals surface area contributed by atoms with Crippen molar-refractivity contribution < 1.29 is 4.92 Å². The molecule has 0 spiro atoms. The van der Waals surface area contributed by atoms with Crippen LogP contribution in [0.15, 0.2) is 12.1 Å². The van der Waals surface area contributed by atoms with Crippen LogP contribution in [0.2, 0.25) is 0 Å². The summed E-state index contributed by atoms with van der Waals surface area (Å²) in [6.07, 6.45) is 2.00. The zero-order chi connectivity index (χ0) is 12.1. The first-order chi connectivity index (χ1) is 7.54. The number of anilines is 1. The maximum Gasteiger partial charge on any atom is 0.311 e. The molecule has 0 bridgehead atoms. The minimum atomic E-state index is -0.418. The van der Waals surface area contributed by atoms with Crippen molar-refractivity contribution in [2.45, 2.75) is 19.1 Å². The number of pyridine rings is 1. The summed E-state index contributed by atoms with van der Waals surface area (Å²) in [5.41, 5.74) is 0.795. The molecule has 5 nitrogen and oxygen atoms in total. The normalized spacial score (nSPS) is 12.2. The van der Waals surface area contributed by atoms with Crippen molar-refractivity contribution in [3.05, 3.63) is 27.9 Å². The van der Waals surface area contributed by atoms with E-state index in [1.807, 2.05) is 13.2 Å². The van der Waals surface area contributed by atoms with Gasteiger partial charge in [0.15, 0.2) is 0 Å². The Balaban J connectivity index is 2.84. The van der Waals surface area contributed by atoms with E-state index in [0.717, 1.165) is 5.69 Å². The van der Waals surface area contributed by atoms with Crippen LogP contribution in [0.3, 0.4) is 0 Å². The van der Waals surface area contributed by atoms with Gasteiger partial charge in [0, 0.05) is 23.6 Å². The first-order valence-electron chi connectivity index (χ1n) is 4.93. The van der Waals surface area contributed by atoms with Crippen LogP contribution in [-0.4, -0.2) is 28.0 Å². The number of hydrogen-bond acceptors (Lipinski definition) is 5. The molecule has 0 aromatic carbocycles. The highest BCUT2D eigenvalue weighted by Gasteiger charge is 2.15. The average molecular weight is 241 g/mol. The van der Waals surface area contributed by atoms with Gasteiger partial charge in [0.1, 0.15) is 0 Å². The number of nitro groups is 1. The van der Waals surface area contributed by atoms with Crippen molar-refractivity contribution in [2.24, 2.45) is 0 Å². The molecule has 1 heterocycles. The molecule has 0 aliphatic heterocycles. The van der Waals surface area contributed by atoms with E-state index in [4.69, 9.17) is 0 Å². The van der Waals surface area contributed by atoms with E-state index in [0.29, 0.717) is 17.6 Å². The van der Waals surface area contributed by atoms with Crippen LogP contribution < -0.4 is 5.32 Å². The lowest BCUT2D eigenvalue weighted by Crippen LogP contribution is -2.14. The predicted octanol–water partition coefficient (Wildman–Crippen LogP) is 2.46. The third-order valence-corrected chi connectivity index (χ3v) is 3.14. The molecule has 0 aliphatic rings. The minimum absolute atomic E-state index is 0.0268. The maximum atomic E-state index is 10.8. The first kappa shape index (κ1) is 12.8. The van der Waals surface area contributed by atoms with Crippen molar-refractivity contribution in [1.29, 1.82) is 0 Å². The second-order valence-electron chi connectivity index (χ2n) is 3.50. The summed E-state index contributed by atoms with van der Waals surface area (Å²) in [7, 11) is 0. The van der Waals surface area contributed by atoms with Crippen LogP contribution in [0.5, 0.6) is 0 Å². The number of hydrogen-bond donors (Lipinski definition) is 1. The molecule has 1 aromatic rings. The van der Waals surface area contributed by atoms with Gasteiger partial charge in [-0.3, -0.25) is 10.1 Å². The molecule has 1 N–H and O–H groups in total. The summed E-state index contributed by atoms with van der Waals surface area (Å²) in [6.45, 7) is 4.53. The number of rotatable bonds is 5. The van der Waals surface area contributed by atoms with Crippen LogP contribution in [-0.2, 0) is 0 Å². The Labute approximate surface area is 98.8 Å². The van der Waals surface area contributed by atoms with Gasteiger partial charge in [-0.1, -0.05) is 6.92 Å². The minimum Gasteiger partial charge on any atom is -0.363 e. The first-order valence-corrected chi connectivity index (χ1v) is 6.22. The molecule has 6 heteroatoms. The monoisotopic (exact) mass is 241 g/mol. The van der Waals surface area contributed by atoms with E-state index in [1.165, 1.54) is 6.07 Å². The molecule has 88 valence electrons. The number of nitrogens with zero attached hydrogens (tertiary/aromatic N) is 2. The summed E-state index contributed by atoms with van der Waals surface area (Å²) in [6, 6.07) is 3.12. The van der Waals surface area contributed by atoms with Crippen molar-refractivity contribution in [1.82, 2.24) is 4.98 Å². The SMILES string of the molecule is CSC(C)CNc1nc(C)ccc1[N+](=O)[O-]. The topological polar surface area (TPSA) is 68.1 Å². The fourth-order valence-electron chi connectivity index (χ4n) is 1.15. The molecule has 1 aromatic heterocycles. The standard InChI is InChI=1S/C10H15N3O2S/c1-7-4-5-9(13(14)15)10(12-7)11-6-8(2)16-3/h4-5,8H,6H2,1-3H3,(H,11,12). The Bertz CT molecular complexity index is 384. The van der Waals surface area contributed by atoms with Crippen molar-refractivity contribution in [3.8, 4) is 0 Å². The van der Waals surface area contributed by atoms with Gasteiger partial charge >= 0.3 is 5.69 Å². The number of nitrogens with one attached hydrogen (secondary N) is 1. The van der Waals surface area contributed by atoms with Crippen LogP contribution in [0.4, 0.5) is 11.5 Å². The molecule has 0 amide bonds. The summed E-state index contributed by atoms with van der Waals surface area (Å²) in [5.74, 6) is 0.353. The van der Waals surface area contributed by atoms with E-state index in [2.05, 4.69) is 17.2 Å². The highest BCUT2D eigenvalue weighted by atomic mass is 32.2. The van der Waals surface area contributed by atoms with E-state index in [-0.39, 0.29) is 5.69 Å². The van der Waals surface area contributed by atoms with Crippen LogP contribution in [0.1, 0.15) is 12.6 Å². The van der Waals surface area contributed by atoms with E-state index in [9.17, 15) is 10.1 Å². The second-order valence-corrected chi connectivity index (χ2v) is 4.78. The Morgan fingerprint density at radius 2 is 2.31 bits per heavy atom. The molecular formula is C10H15N3O2S. The van der Waals surface area contributed by atoms with Crippen molar-refractivity contribution in [3.63, 3.8) is 0 Å². The van der Waals surface area contributed by atoms with Gasteiger partial charge in [0.2, 0.25) is 5.82 Å². The highest BCUT2D eigenvalue weighted by Crippen LogP contribution is 2.22. The predicted molar refractivity (Wildman–Crippen MR) is 67.1 cm³/mol. The van der Waals surface area contributed by atoms with Crippen molar-refractivity contribution >= 4 is 23.3 Å². The average Bonchev–Trinajstić information content (AvgIpc) is 2.25.